The van der Waals surface area contributed by atoms with Crippen molar-refractivity contribution in [2.24, 2.45) is 0 Å². The highest BCUT2D eigenvalue weighted by molar-refractivity contribution is 7.89. The maximum atomic E-state index is 11.3. The van der Waals surface area contributed by atoms with Gasteiger partial charge in [0.15, 0.2) is 0 Å². The molecular weight excluding hydrogens is 216 g/mol. The predicted molar refractivity (Wildman–Crippen MR) is 60.0 cm³/mol. The quantitative estimate of drug-likeness (QED) is 0.641. The number of hydrogen-bond acceptors (Lipinski definition) is 3. The van der Waals surface area contributed by atoms with Crippen LogP contribution in [0.25, 0.3) is 0 Å². The number of unbranched alkanes of at least 4 members (excludes halogenated alkanes) is 2. The number of nitrogens with one attached hydrogen (secondary N) is 1. The lowest BCUT2D eigenvalue weighted by atomic mass is 10.2. The molecule has 0 saturated heterocycles. The third-order valence-corrected chi connectivity index (χ3v) is 3.93. The topological polar surface area (TPSA) is 66.5 Å². The van der Waals surface area contributed by atoms with Crippen LogP contribution in [0.5, 0.6) is 0 Å². The Labute approximate surface area is 91.9 Å². The third-order valence-electron chi connectivity index (χ3n) is 2.01. The van der Waals surface area contributed by atoms with E-state index in [0.717, 1.165) is 12.8 Å². The Bertz CT molecular complexity index is 286. The molecule has 1 amide bonds. The van der Waals surface area contributed by atoms with Gasteiger partial charge < -0.3 is 5.32 Å². The molecule has 0 rings (SSSR count). The number of amides is 1. The molecule has 0 spiro atoms. The number of sulfonamides is 1. The molecule has 0 aliphatic carbocycles. The Morgan fingerprint density at radius 2 is 1.80 bits per heavy atom. The fourth-order valence-electron chi connectivity index (χ4n) is 1.03. The second kappa shape index (κ2) is 6.79. The molecule has 0 atom stereocenters. The van der Waals surface area contributed by atoms with E-state index in [1.165, 1.54) is 25.3 Å². The van der Waals surface area contributed by atoms with E-state index in [1.807, 2.05) is 0 Å². The lowest BCUT2D eigenvalue weighted by Crippen LogP contribution is -2.25. The van der Waals surface area contributed by atoms with Crippen molar-refractivity contribution in [1.82, 2.24) is 9.62 Å². The molecule has 0 bridgehead atoms. The molecule has 90 valence electrons. The van der Waals surface area contributed by atoms with Crippen molar-refractivity contribution in [1.29, 1.82) is 0 Å². The maximum absolute atomic E-state index is 11.3. The summed E-state index contributed by atoms with van der Waals surface area (Å²) >= 11 is 0. The van der Waals surface area contributed by atoms with Gasteiger partial charge in [-0.25, -0.2) is 12.7 Å². The minimum atomic E-state index is -3.06. The summed E-state index contributed by atoms with van der Waals surface area (Å²) in [4.78, 5) is 10.5. The molecule has 0 unspecified atom stereocenters. The molecule has 5 nitrogen and oxygen atoms in total. The van der Waals surface area contributed by atoms with E-state index >= 15 is 0 Å². The SMILES string of the molecule is CC(=O)NCCCCCS(=O)(=O)N(C)C. The van der Waals surface area contributed by atoms with Crippen LogP contribution in [0.4, 0.5) is 0 Å². The predicted octanol–water partition coefficient (Wildman–Crippen LogP) is 0.184. The largest absolute Gasteiger partial charge is 0.356 e. The van der Waals surface area contributed by atoms with E-state index in [1.54, 1.807) is 0 Å². The summed E-state index contributed by atoms with van der Waals surface area (Å²) in [5.41, 5.74) is 0. The highest BCUT2D eigenvalue weighted by Crippen LogP contribution is 2.01. The van der Waals surface area contributed by atoms with Gasteiger partial charge in [-0.3, -0.25) is 4.79 Å². The summed E-state index contributed by atoms with van der Waals surface area (Å²) in [6, 6.07) is 0. The fourth-order valence-corrected chi connectivity index (χ4v) is 1.97. The van der Waals surface area contributed by atoms with Crippen LogP contribution in [0.3, 0.4) is 0 Å². The summed E-state index contributed by atoms with van der Waals surface area (Å²) in [7, 11) is 0.0130. The number of nitrogens with zero attached hydrogens (tertiary/aromatic N) is 1. The summed E-state index contributed by atoms with van der Waals surface area (Å²) < 4.78 is 23.9. The highest BCUT2D eigenvalue weighted by Gasteiger charge is 2.11. The molecule has 0 aromatic carbocycles. The zero-order valence-corrected chi connectivity index (χ0v) is 10.4. The van der Waals surface area contributed by atoms with E-state index in [-0.39, 0.29) is 11.7 Å². The lowest BCUT2D eigenvalue weighted by molar-refractivity contribution is -0.118. The van der Waals surface area contributed by atoms with E-state index in [2.05, 4.69) is 5.32 Å². The first-order valence-electron chi connectivity index (χ1n) is 5.01. The lowest BCUT2D eigenvalue weighted by Gasteiger charge is -2.10. The van der Waals surface area contributed by atoms with Crippen LogP contribution in [0.1, 0.15) is 26.2 Å². The third kappa shape index (κ3) is 7.33. The van der Waals surface area contributed by atoms with Gasteiger partial charge in [-0.05, 0) is 12.8 Å². The van der Waals surface area contributed by atoms with Gasteiger partial charge in [0.1, 0.15) is 0 Å². The molecule has 0 saturated carbocycles. The minimum absolute atomic E-state index is 0.0455. The molecule has 0 aliphatic rings. The molecule has 0 aliphatic heterocycles. The number of rotatable bonds is 7. The molecule has 6 heteroatoms. The smallest absolute Gasteiger partial charge is 0.216 e. The fraction of sp³-hybridized carbons (Fsp3) is 0.889. The zero-order chi connectivity index (χ0) is 11.9. The molecular formula is C9H20N2O3S. The minimum Gasteiger partial charge on any atom is -0.356 e. The average Bonchev–Trinajstić information content (AvgIpc) is 2.10. The zero-order valence-electron chi connectivity index (χ0n) is 9.62. The van der Waals surface area contributed by atoms with Crippen molar-refractivity contribution in [2.75, 3.05) is 26.4 Å². The molecule has 0 fully saturated rings. The number of carbonyl (C=O) groups is 1. The monoisotopic (exact) mass is 236 g/mol. The first-order chi connectivity index (χ1) is 6.86. The van der Waals surface area contributed by atoms with Crippen LogP contribution in [-0.4, -0.2) is 45.0 Å². The van der Waals surface area contributed by atoms with Gasteiger partial charge in [-0.15, -0.1) is 0 Å². The maximum Gasteiger partial charge on any atom is 0.216 e. The molecule has 0 radical (unpaired) electrons. The van der Waals surface area contributed by atoms with Gasteiger partial charge in [0.05, 0.1) is 5.75 Å². The standard InChI is InChI=1S/C9H20N2O3S/c1-9(12)10-7-5-4-6-8-15(13,14)11(2)3/h4-8H2,1-3H3,(H,10,12). The van der Waals surface area contributed by atoms with Crippen LogP contribution >= 0.6 is 0 Å². The first kappa shape index (κ1) is 14.4. The van der Waals surface area contributed by atoms with Crippen LogP contribution in [0.15, 0.2) is 0 Å². The van der Waals surface area contributed by atoms with Crippen molar-refractivity contribution in [3.63, 3.8) is 0 Å². The van der Waals surface area contributed by atoms with Crippen LogP contribution in [0.2, 0.25) is 0 Å². The van der Waals surface area contributed by atoms with Gasteiger partial charge in [0.2, 0.25) is 15.9 Å². The van der Waals surface area contributed by atoms with Gasteiger partial charge in [0.25, 0.3) is 0 Å². The van der Waals surface area contributed by atoms with E-state index in [0.29, 0.717) is 13.0 Å². The molecule has 0 aromatic rings. The Balaban J connectivity index is 3.51. The van der Waals surface area contributed by atoms with Gasteiger partial charge in [-0.1, -0.05) is 6.42 Å². The van der Waals surface area contributed by atoms with Crippen LogP contribution < -0.4 is 5.32 Å². The Kier molecular flexibility index (Phi) is 6.51. The molecule has 0 heterocycles. The van der Waals surface area contributed by atoms with Gasteiger partial charge in [-0.2, -0.15) is 0 Å². The Morgan fingerprint density at radius 1 is 1.20 bits per heavy atom. The second-order valence-electron chi connectivity index (χ2n) is 3.64. The van der Waals surface area contributed by atoms with Crippen molar-refractivity contribution >= 4 is 15.9 Å². The molecule has 15 heavy (non-hydrogen) atoms. The van der Waals surface area contributed by atoms with Crippen LogP contribution in [0, 0.1) is 0 Å². The van der Waals surface area contributed by atoms with Crippen molar-refractivity contribution in [3.8, 4) is 0 Å². The van der Waals surface area contributed by atoms with E-state index in [4.69, 9.17) is 0 Å². The second-order valence-corrected chi connectivity index (χ2v) is 5.94. The first-order valence-corrected chi connectivity index (χ1v) is 6.62. The Morgan fingerprint density at radius 3 is 2.27 bits per heavy atom. The summed E-state index contributed by atoms with van der Waals surface area (Å²) in [6.07, 6.45) is 2.27. The number of carbonyl (C=O) groups excluding carboxylic acids is 1. The summed E-state index contributed by atoms with van der Waals surface area (Å²) in [5.74, 6) is 0.135. The summed E-state index contributed by atoms with van der Waals surface area (Å²) in [6.45, 7) is 2.09. The van der Waals surface area contributed by atoms with Crippen molar-refractivity contribution in [3.05, 3.63) is 0 Å². The average molecular weight is 236 g/mol. The van der Waals surface area contributed by atoms with E-state index in [9.17, 15) is 13.2 Å². The highest BCUT2D eigenvalue weighted by atomic mass is 32.2. The number of hydrogen-bond donors (Lipinski definition) is 1. The van der Waals surface area contributed by atoms with Gasteiger partial charge >= 0.3 is 0 Å². The molecule has 1 N–H and O–H groups in total. The van der Waals surface area contributed by atoms with Gasteiger partial charge in [0, 0.05) is 27.6 Å². The normalized spacial score (nSPS) is 11.7. The molecule has 0 aromatic heterocycles. The summed E-state index contributed by atoms with van der Waals surface area (Å²) in [5, 5.41) is 2.67. The Hall–Kier alpha value is -0.620. The van der Waals surface area contributed by atoms with E-state index < -0.39 is 10.0 Å². The van der Waals surface area contributed by atoms with Crippen molar-refractivity contribution in [2.45, 2.75) is 26.2 Å². The van der Waals surface area contributed by atoms with Crippen LogP contribution in [-0.2, 0) is 14.8 Å². The van der Waals surface area contributed by atoms with Crippen molar-refractivity contribution < 1.29 is 13.2 Å².